The Balaban J connectivity index is 1.55. The average molecular weight is 490 g/mol. The lowest BCUT2D eigenvalue weighted by molar-refractivity contribution is -0.143. The minimum Gasteiger partial charge on any atom is -0.480 e. The summed E-state index contributed by atoms with van der Waals surface area (Å²) in [6, 6.07) is 4.52. The SMILES string of the molecule is COc1ccc(-n2ncc(C(=O)N3CCN(c4cc(C)nc(C(C)C)n4)CC3)c2C(F)(F)F)nn1. The van der Waals surface area contributed by atoms with Crippen molar-refractivity contribution in [2.75, 3.05) is 38.2 Å². The molecule has 10 nitrogen and oxygen atoms in total. The first-order valence-electron chi connectivity index (χ1n) is 11.0. The summed E-state index contributed by atoms with van der Waals surface area (Å²) in [5, 5.41) is 11.2. The number of carbonyl (C=O) groups is 1. The summed E-state index contributed by atoms with van der Waals surface area (Å²) < 4.78 is 47.5. The predicted octanol–water partition coefficient (Wildman–Crippen LogP) is 2.87. The summed E-state index contributed by atoms with van der Waals surface area (Å²) in [6.45, 7) is 7.24. The van der Waals surface area contributed by atoms with Crippen LogP contribution >= 0.6 is 0 Å². The molecule has 35 heavy (non-hydrogen) atoms. The fourth-order valence-corrected chi connectivity index (χ4v) is 3.79. The van der Waals surface area contributed by atoms with Crippen molar-refractivity contribution in [3.05, 3.63) is 47.2 Å². The number of hydrogen-bond acceptors (Lipinski definition) is 8. The number of halogens is 3. The van der Waals surface area contributed by atoms with Gasteiger partial charge in [0.05, 0.1) is 18.9 Å². The molecule has 0 saturated carbocycles. The Bertz CT molecular complexity index is 1200. The van der Waals surface area contributed by atoms with Gasteiger partial charge in [0.1, 0.15) is 11.6 Å². The number of carbonyl (C=O) groups excluding carboxylic acids is 1. The summed E-state index contributed by atoms with van der Waals surface area (Å²) >= 11 is 0. The number of amides is 1. The average Bonchev–Trinajstić information content (AvgIpc) is 3.29. The first-order chi connectivity index (χ1) is 16.6. The van der Waals surface area contributed by atoms with Crippen molar-refractivity contribution in [2.45, 2.75) is 32.9 Å². The molecular weight excluding hydrogens is 465 g/mol. The van der Waals surface area contributed by atoms with E-state index in [0.717, 1.165) is 23.5 Å². The van der Waals surface area contributed by atoms with Crippen LogP contribution in [0.5, 0.6) is 5.88 Å². The van der Waals surface area contributed by atoms with Crippen LogP contribution < -0.4 is 9.64 Å². The van der Waals surface area contributed by atoms with E-state index in [4.69, 9.17) is 4.74 Å². The second-order valence-electron chi connectivity index (χ2n) is 8.41. The lowest BCUT2D eigenvalue weighted by Gasteiger charge is -2.35. The molecule has 1 aliphatic rings. The van der Waals surface area contributed by atoms with Gasteiger partial charge in [-0.25, -0.2) is 14.6 Å². The molecule has 186 valence electrons. The smallest absolute Gasteiger partial charge is 0.434 e. The first kappa shape index (κ1) is 24.4. The summed E-state index contributed by atoms with van der Waals surface area (Å²) in [5.74, 6) is 0.846. The van der Waals surface area contributed by atoms with Crippen LogP contribution in [0.15, 0.2) is 24.4 Å². The van der Waals surface area contributed by atoms with E-state index in [1.165, 1.54) is 24.1 Å². The van der Waals surface area contributed by atoms with E-state index >= 15 is 0 Å². The fraction of sp³-hybridized carbons (Fsp3) is 0.455. The Morgan fingerprint density at radius 2 is 1.77 bits per heavy atom. The van der Waals surface area contributed by atoms with Crippen LogP contribution in [-0.4, -0.2) is 74.0 Å². The Morgan fingerprint density at radius 3 is 2.34 bits per heavy atom. The normalized spacial score (nSPS) is 14.5. The third-order valence-electron chi connectivity index (χ3n) is 5.59. The predicted molar refractivity (Wildman–Crippen MR) is 120 cm³/mol. The maximum absolute atomic E-state index is 14.0. The third-order valence-corrected chi connectivity index (χ3v) is 5.59. The van der Waals surface area contributed by atoms with Crippen molar-refractivity contribution in [1.29, 1.82) is 0 Å². The van der Waals surface area contributed by atoms with Crippen LogP contribution in [0.25, 0.3) is 5.82 Å². The number of hydrogen-bond donors (Lipinski definition) is 0. The van der Waals surface area contributed by atoms with Crippen molar-refractivity contribution in [1.82, 2.24) is 34.8 Å². The maximum atomic E-state index is 14.0. The minimum absolute atomic E-state index is 0.142. The Labute approximate surface area is 199 Å². The van der Waals surface area contributed by atoms with E-state index in [1.54, 1.807) is 0 Å². The van der Waals surface area contributed by atoms with Crippen molar-refractivity contribution in [3.63, 3.8) is 0 Å². The highest BCUT2D eigenvalue weighted by molar-refractivity contribution is 5.95. The van der Waals surface area contributed by atoms with Gasteiger partial charge in [-0.1, -0.05) is 13.8 Å². The molecule has 3 aromatic heterocycles. The molecule has 1 amide bonds. The molecule has 13 heteroatoms. The van der Waals surface area contributed by atoms with Crippen molar-refractivity contribution >= 4 is 11.7 Å². The van der Waals surface area contributed by atoms with Gasteiger partial charge in [-0.15, -0.1) is 10.2 Å². The zero-order chi connectivity index (χ0) is 25.3. The Morgan fingerprint density at radius 1 is 1.06 bits per heavy atom. The van der Waals surface area contributed by atoms with Crippen molar-refractivity contribution in [3.8, 4) is 11.7 Å². The van der Waals surface area contributed by atoms with Gasteiger partial charge in [0.25, 0.3) is 5.91 Å². The van der Waals surface area contributed by atoms with E-state index in [9.17, 15) is 18.0 Å². The molecule has 4 heterocycles. The zero-order valence-corrected chi connectivity index (χ0v) is 19.7. The highest BCUT2D eigenvalue weighted by Gasteiger charge is 2.42. The van der Waals surface area contributed by atoms with Gasteiger partial charge in [-0.05, 0) is 13.0 Å². The lowest BCUT2D eigenvalue weighted by Crippen LogP contribution is -2.49. The third kappa shape index (κ3) is 5.03. The summed E-state index contributed by atoms with van der Waals surface area (Å²) in [7, 11) is 1.37. The van der Waals surface area contributed by atoms with Crippen LogP contribution in [0.1, 0.15) is 47.3 Å². The zero-order valence-electron chi connectivity index (χ0n) is 19.7. The number of piperazine rings is 1. The molecule has 0 unspecified atom stereocenters. The topological polar surface area (TPSA) is 102 Å². The number of ether oxygens (including phenoxy) is 1. The van der Waals surface area contributed by atoms with E-state index in [-0.39, 0.29) is 30.7 Å². The van der Waals surface area contributed by atoms with Crippen LogP contribution in [0.4, 0.5) is 19.0 Å². The molecule has 0 aromatic carbocycles. The largest absolute Gasteiger partial charge is 0.480 e. The lowest BCUT2D eigenvalue weighted by atomic mass is 10.1. The number of aromatic nitrogens is 6. The standard InChI is InChI=1S/C22H25F3N8O2/c1-13(2)20-27-14(3)11-17(28-20)31-7-9-32(10-8-31)21(34)15-12-26-33(19(15)22(23,24)25)16-5-6-18(35-4)30-29-16/h5-6,11-13H,7-10H2,1-4H3. The van der Waals surface area contributed by atoms with Gasteiger partial charge in [-0.2, -0.15) is 18.3 Å². The molecule has 0 N–H and O–H groups in total. The van der Waals surface area contributed by atoms with Gasteiger partial charge < -0.3 is 14.5 Å². The number of aryl methyl sites for hydroxylation is 1. The molecule has 0 radical (unpaired) electrons. The highest BCUT2D eigenvalue weighted by Crippen LogP contribution is 2.34. The second-order valence-corrected chi connectivity index (χ2v) is 8.41. The maximum Gasteiger partial charge on any atom is 0.434 e. The van der Waals surface area contributed by atoms with Crippen molar-refractivity contribution in [2.24, 2.45) is 0 Å². The summed E-state index contributed by atoms with van der Waals surface area (Å²) in [6.07, 6.45) is -3.91. The van der Waals surface area contributed by atoms with E-state index in [0.29, 0.717) is 17.8 Å². The molecule has 0 atom stereocenters. The molecular formula is C22H25F3N8O2. The molecule has 1 aliphatic heterocycles. The molecule has 3 aromatic rings. The van der Waals surface area contributed by atoms with Gasteiger partial charge >= 0.3 is 6.18 Å². The van der Waals surface area contributed by atoms with Crippen LogP contribution in [0, 0.1) is 6.92 Å². The quantitative estimate of drug-likeness (QED) is 0.538. The molecule has 0 aliphatic carbocycles. The molecule has 1 fully saturated rings. The molecule has 0 spiro atoms. The first-order valence-corrected chi connectivity index (χ1v) is 11.0. The highest BCUT2D eigenvalue weighted by atomic mass is 19.4. The number of rotatable bonds is 5. The summed E-state index contributed by atoms with van der Waals surface area (Å²) in [5.41, 5.74) is -0.901. The van der Waals surface area contributed by atoms with Crippen LogP contribution in [0.2, 0.25) is 0 Å². The van der Waals surface area contributed by atoms with Crippen LogP contribution in [-0.2, 0) is 6.18 Å². The fourth-order valence-electron chi connectivity index (χ4n) is 3.79. The Kier molecular flexibility index (Phi) is 6.59. The number of methoxy groups -OCH3 is 1. The Hall–Kier alpha value is -3.77. The van der Waals surface area contributed by atoms with Gasteiger partial charge in [0.15, 0.2) is 11.5 Å². The number of nitrogens with zero attached hydrogens (tertiary/aromatic N) is 8. The second kappa shape index (κ2) is 9.47. The minimum atomic E-state index is -4.84. The monoisotopic (exact) mass is 490 g/mol. The van der Waals surface area contributed by atoms with Crippen LogP contribution in [0.3, 0.4) is 0 Å². The molecule has 0 bridgehead atoms. The van der Waals surface area contributed by atoms with E-state index in [1.807, 2.05) is 31.7 Å². The van der Waals surface area contributed by atoms with Gasteiger partial charge in [0, 0.05) is 49.9 Å². The van der Waals surface area contributed by atoms with E-state index in [2.05, 4.69) is 25.3 Å². The molecule has 1 saturated heterocycles. The van der Waals surface area contributed by atoms with E-state index < -0.39 is 23.3 Å². The molecule has 4 rings (SSSR count). The number of anilines is 1. The van der Waals surface area contributed by atoms with Crippen molar-refractivity contribution < 1.29 is 22.7 Å². The van der Waals surface area contributed by atoms with Gasteiger partial charge in [-0.3, -0.25) is 4.79 Å². The summed E-state index contributed by atoms with van der Waals surface area (Å²) in [4.78, 5) is 25.6. The number of alkyl halides is 3. The van der Waals surface area contributed by atoms with Gasteiger partial charge in [0.2, 0.25) is 5.88 Å².